The molecule has 1 aromatic carbocycles. The molecular weight excluding hydrogens is 394 g/mol. The lowest BCUT2D eigenvalue weighted by Gasteiger charge is -2.25. The fraction of sp³-hybridized carbons (Fsp3) is 0.625. The molecule has 1 aliphatic carbocycles. The number of esters is 1. The van der Waals surface area contributed by atoms with E-state index in [4.69, 9.17) is 14.2 Å². The molecule has 0 N–H and O–H groups in total. The summed E-state index contributed by atoms with van der Waals surface area (Å²) in [7, 11) is 2.97. The van der Waals surface area contributed by atoms with E-state index in [1.807, 2.05) is 17.7 Å². The van der Waals surface area contributed by atoms with Crippen LogP contribution in [0.25, 0.3) is 11.4 Å². The molecule has 1 aromatic heterocycles. The van der Waals surface area contributed by atoms with Crippen molar-refractivity contribution in [3.8, 4) is 17.1 Å². The van der Waals surface area contributed by atoms with Gasteiger partial charge in [0.05, 0.1) is 7.11 Å². The summed E-state index contributed by atoms with van der Waals surface area (Å²) in [5.41, 5.74) is 2.83. The summed E-state index contributed by atoms with van der Waals surface area (Å²) in [6.45, 7) is 9.42. The van der Waals surface area contributed by atoms with Crippen LogP contribution in [-0.4, -0.2) is 41.7 Å². The molecule has 0 spiro atoms. The number of aryl methyl sites for hydroxylation is 1. The van der Waals surface area contributed by atoms with E-state index in [-0.39, 0.29) is 18.0 Å². The van der Waals surface area contributed by atoms with Gasteiger partial charge in [0.15, 0.2) is 12.6 Å². The monoisotopic (exact) mass is 429 g/mol. The van der Waals surface area contributed by atoms with Gasteiger partial charge in [-0.15, -0.1) is 5.10 Å². The van der Waals surface area contributed by atoms with E-state index in [1.165, 1.54) is 39.2 Å². The van der Waals surface area contributed by atoms with Gasteiger partial charge in [-0.05, 0) is 48.8 Å². The molecule has 7 nitrogen and oxygen atoms in total. The summed E-state index contributed by atoms with van der Waals surface area (Å²) in [5, 5.41) is 4.52. The molecule has 1 fully saturated rings. The zero-order chi connectivity index (χ0) is 22.6. The number of ether oxygens (including phenoxy) is 3. The van der Waals surface area contributed by atoms with Crippen molar-refractivity contribution in [2.45, 2.75) is 71.8 Å². The zero-order valence-corrected chi connectivity index (χ0v) is 19.7. The fourth-order valence-corrected chi connectivity index (χ4v) is 4.24. The highest BCUT2D eigenvalue weighted by Gasteiger charge is 2.26. The number of rotatable bonds is 7. The largest absolute Gasteiger partial charge is 0.467 e. The van der Waals surface area contributed by atoms with Crippen molar-refractivity contribution in [2.24, 2.45) is 5.92 Å². The van der Waals surface area contributed by atoms with Crippen LogP contribution in [0, 0.1) is 12.8 Å². The maximum atomic E-state index is 12.2. The van der Waals surface area contributed by atoms with Crippen molar-refractivity contribution in [3.05, 3.63) is 29.1 Å². The van der Waals surface area contributed by atoms with E-state index < -0.39 is 5.97 Å². The Hall–Kier alpha value is -2.41. The molecular formula is C24H35N3O4. The summed E-state index contributed by atoms with van der Waals surface area (Å²) in [6.07, 6.45) is 6.16. The van der Waals surface area contributed by atoms with E-state index >= 15 is 0 Å². The maximum Gasteiger partial charge on any atom is 0.377 e. The van der Waals surface area contributed by atoms with E-state index in [0.29, 0.717) is 11.7 Å². The summed E-state index contributed by atoms with van der Waals surface area (Å²) < 4.78 is 17.8. The van der Waals surface area contributed by atoms with Crippen LogP contribution in [0.3, 0.4) is 0 Å². The van der Waals surface area contributed by atoms with Crippen LogP contribution in [-0.2, 0) is 21.4 Å². The van der Waals surface area contributed by atoms with Crippen molar-refractivity contribution in [1.29, 1.82) is 0 Å². The first kappa shape index (κ1) is 23.3. The lowest BCUT2D eigenvalue weighted by atomic mass is 9.84. The summed E-state index contributed by atoms with van der Waals surface area (Å²) >= 11 is 0. The number of methoxy groups -OCH3 is 2. The highest BCUT2D eigenvalue weighted by atomic mass is 16.7. The molecule has 0 radical (unpaired) electrons. The first-order valence-electron chi connectivity index (χ1n) is 11.0. The Labute approximate surface area is 185 Å². The van der Waals surface area contributed by atoms with Gasteiger partial charge in [0.1, 0.15) is 5.75 Å². The van der Waals surface area contributed by atoms with E-state index in [0.717, 1.165) is 29.0 Å². The predicted molar refractivity (Wildman–Crippen MR) is 119 cm³/mol. The molecule has 2 aromatic rings. The molecule has 170 valence electrons. The van der Waals surface area contributed by atoms with E-state index in [2.05, 4.69) is 36.9 Å². The quantitative estimate of drug-likeness (QED) is 0.460. The molecule has 0 atom stereocenters. The smallest absolute Gasteiger partial charge is 0.377 e. The summed E-state index contributed by atoms with van der Waals surface area (Å²) in [6, 6.07) is 4.14. The Morgan fingerprint density at radius 2 is 1.87 bits per heavy atom. The van der Waals surface area contributed by atoms with Crippen LogP contribution in [0.15, 0.2) is 12.1 Å². The molecule has 0 saturated heterocycles. The molecule has 1 heterocycles. The van der Waals surface area contributed by atoms with Crippen molar-refractivity contribution in [3.63, 3.8) is 0 Å². The molecule has 1 saturated carbocycles. The molecule has 0 bridgehead atoms. The van der Waals surface area contributed by atoms with Gasteiger partial charge in [0.25, 0.3) is 5.82 Å². The minimum atomic E-state index is -0.517. The number of nitrogens with zero attached hydrogens (tertiary/aromatic N) is 3. The number of benzene rings is 1. The molecule has 0 amide bonds. The Bertz CT molecular complexity index is 908. The second-order valence-electron chi connectivity index (χ2n) is 9.41. The molecule has 7 heteroatoms. The first-order valence-corrected chi connectivity index (χ1v) is 11.0. The van der Waals surface area contributed by atoms with E-state index in [9.17, 15) is 4.79 Å². The number of carbonyl (C=O) groups excluding carboxylic acids is 1. The Morgan fingerprint density at radius 3 is 2.48 bits per heavy atom. The van der Waals surface area contributed by atoms with Gasteiger partial charge in [-0.2, -0.15) is 0 Å². The minimum absolute atomic E-state index is 0.1000. The molecule has 0 unspecified atom stereocenters. The van der Waals surface area contributed by atoms with Crippen LogP contribution in [0.2, 0.25) is 0 Å². The molecule has 31 heavy (non-hydrogen) atoms. The molecule has 0 aliphatic heterocycles. The average molecular weight is 430 g/mol. The molecule has 1 aliphatic rings. The zero-order valence-electron chi connectivity index (χ0n) is 19.7. The van der Waals surface area contributed by atoms with Crippen LogP contribution >= 0.6 is 0 Å². The number of aromatic nitrogens is 3. The average Bonchev–Trinajstić information content (AvgIpc) is 3.15. The SMILES string of the molecule is COCOc1c(C)cc(-c2nc(C(=O)OC)nn2CC2CCCCC2)cc1C(C)(C)C. The topological polar surface area (TPSA) is 75.5 Å². The first-order chi connectivity index (χ1) is 14.7. The van der Waals surface area contributed by atoms with Crippen molar-refractivity contribution in [1.82, 2.24) is 14.8 Å². The lowest BCUT2D eigenvalue weighted by molar-refractivity contribution is 0.0493. The summed E-state index contributed by atoms with van der Waals surface area (Å²) in [5.74, 6) is 1.65. The Kier molecular flexibility index (Phi) is 7.36. The number of carbonyl (C=O) groups is 1. The van der Waals surface area contributed by atoms with Gasteiger partial charge in [-0.1, -0.05) is 40.0 Å². The van der Waals surface area contributed by atoms with Gasteiger partial charge >= 0.3 is 5.97 Å². The van der Waals surface area contributed by atoms with Gasteiger partial charge in [0, 0.05) is 24.8 Å². The highest BCUT2D eigenvalue weighted by Crippen LogP contribution is 2.38. The standard InChI is InChI=1S/C24H35N3O4/c1-16-12-18(13-19(24(2,3)4)20(16)31-15-29-5)22-25-21(23(28)30-6)26-27(22)14-17-10-8-7-9-11-17/h12-13,17H,7-11,14-15H2,1-6H3. The highest BCUT2D eigenvalue weighted by molar-refractivity contribution is 5.85. The normalized spacial score (nSPS) is 15.2. The third kappa shape index (κ3) is 5.45. The second kappa shape index (κ2) is 9.81. The Morgan fingerprint density at radius 1 is 1.16 bits per heavy atom. The van der Waals surface area contributed by atoms with Crippen LogP contribution < -0.4 is 4.74 Å². The second-order valence-corrected chi connectivity index (χ2v) is 9.41. The van der Waals surface area contributed by atoms with Gasteiger partial charge < -0.3 is 14.2 Å². The number of hydrogen-bond acceptors (Lipinski definition) is 6. The molecule has 3 rings (SSSR count). The van der Waals surface area contributed by atoms with Gasteiger partial charge in [-0.3, -0.25) is 0 Å². The third-order valence-corrected chi connectivity index (χ3v) is 5.86. The van der Waals surface area contributed by atoms with Crippen molar-refractivity contribution >= 4 is 5.97 Å². The fourth-order valence-electron chi connectivity index (χ4n) is 4.24. The van der Waals surface area contributed by atoms with Gasteiger partial charge in [-0.25, -0.2) is 14.5 Å². The van der Waals surface area contributed by atoms with Crippen molar-refractivity contribution < 1.29 is 19.0 Å². The minimum Gasteiger partial charge on any atom is -0.467 e. The Balaban J connectivity index is 2.08. The third-order valence-electron chi connectivity index (χ3n) is 5.86. The lowest BCUT2D eigenvalue weighted by Crippen LogP contribution is -2.17. The number of hydrogen-bond donors (Lipinski definition) is 0. The maximum absolute atomic E-state index is 12.2. The van der Waals surface area contributed by atoms with Gasteiger partial charge in [0.2, 0.25) is 0 Å². The van der Waals surface area contributed by atoms with Crippen LogP contribution in [0.1, 0.15) is 74.6 Å². The van der Waals surface area contributed by atoms with Crippen LogP contribution in [0.4, 0.5) is 0 Å². The van der Waals surface area contributed by atoms with Crippen LogP contribution in [0.5, 0.6) is 5.75 Å². The predicted octanol–water partition coefficient (Wildman–Crippen LogP) is 4.90. The summed E-state index contributed by atoms with van der Waals surface area (Å²) in [4.78, 5) is 16.8. The van der Waals surface area contributed by atoms with E-state index in [1.54, 1.807) is 7.11 Å². The van der Waals surface area contributed by atoms with Crippen molar-refractivity contribution in [2.75, 3.05) is 21.0 Å².